The number of nitrogens with zero attached hydrogens (tertiary/aromatic N) is 1. The maximum absolute atomic E-state index is 4.36. The number of hydrogen-bond acceptors (Lipinski definition) is 1. The first-order valence-corrected chi connectivity index (χ1v) is 5.79. The molecule has 0 fully saturated rings. The molecule has 60 valence electrons. The van der Waals surface area contributed by atoms with E-state index in [2.05, 4.69) is 15.5 Å². The van der Waals surface area contributed by atoms with E-state index in [9.17, 15) is 0 Å². The first kappa shape index (κ1) is 9.06. The van der Waals surface area contributed by atoms with Crippen LogP contribution in [0.15, 0.2) is 16.8 Å². The van der Waals surface area contributed by atoms with Crippen molar-refractivity contribution in [1.29, 1.82) is 0 Å². The molecule has 0 aromatic rings. The maximum atomic E-state index is 4.36. The molecular formula is C9H13NW. The summed E-state index contributed by atoms with van der Waals surface area (Å²) >= 11 is 1.47. The Hall–Kier alpha value is -0.0317. The third-order valence-electron chi connectivity index (χ3n) is 1.82. The van der Waals surface area contributed by atoms with Crippen molar-refractivity contribution >= 4 is 10.6 Å². The molecule has 11 heavy (non-hydrogen) atoms. The van der Waals surface area contributed by atoms with Gasteiger partial charge in [-0.1, -0.05) is 0 Å². The molecule has 0 aromatic carbocycles. The summed E-state index contributed by atoms with van der Waals surface area (Å²) < 4.78 is 2.06. The van der Waals surface area contributed by atoms with Gasteiger partial charge in [-0.05, 0) is 0 Å². The van der Waals surface area contributed by atoms with Crippen molar-refractivity contribution in [2.45, 2.75) is 32.1 Å². The first-order chi connectivity index (χ1) is 5.43. The third-order valence-corrected chi connectivity index (χ3v) is 2.26. The monoisotopic (exact) mass is 319 g/mol. The van der Waals surface area contributed by atoms with Gasteiger partial charge in [0.1, 0.15) is 0 Å². The molecule has 0 unspecified atom stereocenters. The summed E-state index contributed by atoms with van der Waals surface area (Å²) in [6.07, 6.45) is 10.6. The van der Waals surface area contributed by atoms with Crippen LogP contribution in [0.5, 0.6) is 0 Å². The zero-order valence-corrected chi connectivity index (χ0v) is 9.56. The van der Waals surface area contributed by atoms with Crippen molar-refractivity contribution in [3.05, 3.63) is 11.8 Å². The van der Waals surface area contributed by atoms with E-state index in [0.29, 0.717) is 0 Å². The number of allylic oxidation sites excluding steroid dienone is 2. The molecule has 0 N–H and O–H groups in total. The quantitative estimate of drug-likeness (QED) is 0.693. The van der Waals surface area contributed by atoms with Crippen molar-refractivity contribution in [1.82, 2.24) is 0 Å². The Morgan fingerprint density at radius 2 is 2.27 bits per heavy atom. The van der Waals surface area contributed by atoms with Crippen LogP contribution in [0, 0.1) is 0 Å². The van der Waals surface area contributed by atoms with Gasteiger partial charge in [0.15, 0.2) is 0 Å². The van der Waals surface area contributed by atoms with Crippen LogP contribution in [-0.4, -0.2) is 10.6 Å². The van der Waals surface area contributed by atoms with E-state index in [0.717, 1.165) is 0 Å². The molecule has 0 spiro atoms. The summed E-state index contributed by atoms with van der Waals surface area (Å²) in [6, 6.07) is 0. The van der Waals surface area contributed by atoms with Gasteiger partial charge in [0.05, 0.1) is 0 Å². The SMILES string of the molecule is [W]=[CH]C=NC1=CCCCCC1. The number of aliphatic imine (C=N–C) groups is 1. The van der Waals surface area contributed by atoms with Crippen LogP contribution in [0.3, 0.4) is 0 Å². The summed E-state index contributed by atoms with van der Waals surface area (Å²) in [4.78, 5) is 4.36. The molecule has 1 aliphatic rings. The topological polar surface area (TPSA) is 12.4 Å². The minimum absolute atomic E-state index is 1.18. The van der Waals surface area contributed by atoms with E-state index in [1.165, 1.54) is 57.2 Å². The zero-order chi connectivity index (χ0) is 7.94. The van der Waals surface area contributed by atoms with Crippen molar-refractivity contribution in [3.8, 4) is 0 Å². The average Bonchev–Trinajstić information content (AvgIpc) is 2.28. The van der Waals surface area contributed by atoms with Gasteiger partial charge in [-0.3, -0.25) is 0 Å². The van der Waals surface area contributed by atoms with Crippen molar-refractivity contribution < 1.29 is 19.4 Å². The molecule has 2 heteroatoms. The van der Waals surface area contributed by atoms with Gasteiger partial charge in [0, 0.05) is 0 Å². The second-order valence-electron chi connectivity index (χ2n) is 2.71. The van der Waals surface area contributed by atoms with Crippen LogP contribution in [0.4, 0.5) is 0 Å². The van der Waals surface area contributed by atoms with E-state index in [1.54, 1.807) is 0 Å². The Morgan fingerprint density at radius 1 is 1.36 bits per heavy atom. The minimum atomic E-state index is 1.18. The van der Waals surface area contributed by atoms with Gasteiger partial charge in [0.2, 0.25) is 0 Å². The molecule has 1 rings (SSSR count). The summed E-state index contributed by atoms with van der Waals surface area (Å²) in [6.45, 7) is 0. The second kappa shape index (κ2) is 5.60. The van der Waals surface area contributed by atoms with Gasteiger partial charge in [-0.15, -0.1) is 0 Å². The standard InChI is InChI=1S/C9H13N.W/c1-2-10-9-7-5-3-4-6-8-9;/h1-2,7H,3-6,8H2;. The molecule has 1 aliphatic carbocycles. The molecule has 1 nitrogen and oxygen atoms in total. The van der Waals surface area contributed by atoms with Crippen LogP contribution < -0.4 is 0 Å². The molecule has 0 amide bonds. The van der Waals surface area contributed by atoms with Crippen LogP contribution in [0.25, 0.3) is 0 Å². The number of rotatable bonds is 2. The Morgan fingerprint density at radius 3 is 3.09 bits per heavy atom. The average molecular weight is 319 g/mol. The molecule has 0 saturated carbocycles. The van der Waals surface area contributed by atoms with Gasteiger partial charge in [-0.2, -0.15) is 0 Å². The fourth-order valence-electron chi connectivity index (χ4n) is 1.24. The molecule has 0 radical (unpaired) electrons. The van der Waals surface area contributed by atoms with E-state index < -0.39 is 0 Å². The van der Waals surface area contributed by atoms with Gasteiger partial charge in [0.25, 0.3) is 0 Å². The van der Waals surface area contributed by atoms with Crippen molar-refractivity contribution in [2.24, 2.45) is 4.99 Å². The van der Waals surface area contributed by atoms with Crippen LogP contribution >= 0.6 is 0 Å². The fraction of sp³-hybridized carbons (Fsp3) is 0.556. The molecule has 0 heterocycles. The van der Waals surface area contributed by atoms with Gasteiger partial charge in [-0.25, -0.2) is 0 Å². The van der Waals surface area contributed by atoms with Crippen LogP contribution in [0.1, 0.15) is 32.1 Å². The van der Waals surface area contributed by atoms with E-state index in [1.807, 2.05) is 6.21 Å². The molecular weight excluding hydrogens is 306 g/mol. The zero-order valence-electron chi connectivity index (χ0n) is 6.62. The van der Waals surface area contributed by atoms with Crippen LogP contribution in [-0.2, 0) is 19.4 Å². The van der Waals surface area contributed by atoms with E-state index in [4.69, 9.17) is 0 Å². The third kappa shape index (κ3) is 3.76. The Kier molecular flexibility index (Phi) is 4.61. The molecule has 0 aromatic heterocycles. The van der Waals surface area contributed by atoms with E-state index >= 15 is 0 Å². The summed E-state index contributed by atoms with van der Waals surface area (Å²) in [5.74, 6) is 0. The summed E-state index contributed by atoms with van der Waals surface area (Å²) in [5, 5.41) is 0. The summed E-state index contributed by atoms with van der Waals surface area (Å²) in [7, 11) is 0. The Bertz CT molecular complexity index is 182. The molecule has 0 aliphatic heterocycles. The normalized spacial score (nSPS) is 19.5. The van der Waals surface area contributed by atoms with Gasteiger partial charge >= 0.3 is 78.8 Å². The van der Waals surface area contributed by atoms with Crippen molar-refractivity contribution in [3.63, 3.8) is 0 Å². The Balaban J connectivity index is 2.46. The molecule has 0 bridgehead atoms. The number of hydrogen-bond donors (Lipinski definition) is 0. The predicted octanol–water partition coefficient (Wildman–Crippen LogP) is 2.25. The van der Waals surface area contributed by atoms with Crippen molar-refractivity contribution in [2.75, 3.05) is 0 Å². The molecule has 0 atom stereocenters. The summed E-state index contributed by atoms with van der Waals surface area (Å²) in [5.41, 5.74) is 1.29. The second-order valence-corrected chi connectivity index (χ2v) is 3.69. The Labute approximate surface area is 79.0 Å². The first-order valence-electron chi connectivity index (χ1n) is 4.10. The molecule has 0 saturated heterocycles. The van der Waals surface area contributed by atoms with Gasteiger partial charge < -0.3 is 0 Å². The van der Waals surface area contributed by atoms with E-state index in [-0.39, 0.29) is 0 Å². The fourth-order valence-corrected chi connectivity index (χ4v) is 1.46. The predicted molar refractivity (Wildman–Crippen MR) is 45.7 cm³/mol. The van der Waals surface area contributed by atoms with Crippen LogP contribution in [0.2, 0.25) is 0 Å².